The van der Waals surface area contributed by atoms with Gasteiger partial charge in [0, 0.05) is 312 Å². The molecule has 102 heavy (non-hydrogen) atoms. The summed E-state index contributed by atoms with van der Waals surface area (Å²) in [6, 6.07) is 20.2. The van der Waals surface area contributed by atoms with Crippen LogP contribution in [0, 0.1) is 262 Å². The normalized spacial score (nSPS) is 13.2. The molecule has 0 radical (unpaired) electrons. The van der Waals surface area contributed by atoms with Gasteiger partial charge in [-0.2, -0.15) is 0 Å². The van der Waals surface area contributed by atoms with Gasteiger partial charge in [0.15, 0.2) is 0 Å². The molecule has 16 heteroatoms. The van der Waals surface area contributed by atoms with Crippen molar-refractivity contribution in [2.24, 2.45) is 0 Å². The maximum absolute atomic E-state index is 13.8. The van der Waals surface area contributed by atoms with Crippen LogP contribution in [0.25, 0.3) is 0 Å². The molecular formula is C86H141IInN7O7. The Morgan fingerprint density at radius 3 is 1.23 bits per heavy atom. The minimum absolute atomic E-state index is 0. The summed E-state index contributed by atoms with van der Waals surface area (Å²) in [6.45, 7) is 8.76. The molecule has 2 aromatic rings. The summed E-state index contributed by atoms with van der Waals surface area (Å²) in [5, 5.41) is 38.0. The molecule has 0 saturated carbocycles. The minimum Gasteiger partial charge on any atom is -1.00 e. The maximum Gasteiger partial charge on any atom is 3.00 e. The zero-order valence-corrected chi connectivity index (χ0v) is 61.2. The minimum atomic E-state index is -1.32. The van der Waals surface area contributed by atoms with E-state index in [0.29, 0.717) is 0 Å². The van der Waals surface area contributed by atoms with Gasteiger partial charge in [-0.3, -0.25) is 29.3 Å². The van der Waals surface area contributed by atoms with Crippen molar-refractivity contribution in [2.45, 2.75) is 45.1 Å². The van der Waals surface area contributed by atoms with Crippen molar-refractivity contribution in [1.82, 2.24) is 24.9 Å². The van der Waals surface area contributed by atoms with E-state index in [9.17, 15) is 34.5 Å². The largest absolute Gasteiger partial charge is 3.00 e. The van der Waals surface area contributed by atoms with E-state index < -0.39 is 48.4 Å². The molecule has 5 rings (SSSR count). The van der Waals surface area contributed by atoms with Crippen LogP contribution >= 0.6 is 0 Å². The van der Waals surface area contributed by atoms with Gasteiger partial charge >= 0.3 is 25.8 Å². The number of aliphatic carboxylic acids is 3. The van der Waals surface area contributed by atoms with Crippen LogP contribution in [0.3, 0.4) is 0 Å². The van der Waals surface area contributed by atoms with Crippen LogP contribution in [0.2, 0.25) is 0 Å². The molecule has 3 heterocycles. The van der Waals surface area contributed by atoms with Crippen LogP contribution < -0.4 is 49.5 Å². The van der Waals surface area contributed by atoms with Crippen molar-refractivity contribution in [3.63, 3.8) is 0 Å². The van der Waals surface area contributed by atoms with Crippen molar-refractivity contribution in [3.05, 3.63) is 95.2 Å². The van der Waals surface area contributed by atoms with Crippen LogP contribution in [0.1, 0.15) is 107 Å². The molecule has 1 N–H and O–H groups in total. The Bertz CT molecular complexity index is 5370. The molecule has 1 fully saturated rings. The number of hydrogen-bond donors (Lipinski definition) is 1. The van der Waals surface area contributed by atoms with Gasteiger partial charge in [0.1, 0.15) is 0 Å². The first-order valence-corrected chi connectivity index (χ1v) is 30.0. The van der Waals surface area contributed by atoms with E-state index in [0.717, 1.165) is 39.5 Å². The van der Waals surface area contributed by atoms with Gasteiger partial charge in [0.05, 0.1) is 41.5 Å². The maximum atomic E-state index is 13.8. The zero-order valence-electron chi connectivity index (χ0n) is 55.8. The van der Waals surface area contributed by atoms with E-state index >= 15 is 0 Å². The molecule has 0 aromatic heterocycles. The third-order valence-corrected chi connectivity index (χ3v) is 13.9. The Morgan fingerprint density at radius 2 is 0.833 bits per heavy atom. The second kappa shape index (κ2) is 47.6. The number of terminal acetylenes is 2. The number of benzene rings is 2. The summed E-state index contributed by atoms with van der Waals surface area (Å²) in [5.74, 6) is 97.7. The topological polar surface area (TPSA) is 169 Å². The predicted octanol–water partition coefficient (Wildman–Crippen LogP) is 6.64. The Balaban J connectivity index is -0.0000000588. The number of hydrogen-bond acceptors (Lipinski definition) is 12. The number of nitrogens with one attached hydrogen (secondary N) is 1. The summed E-state index contributed by atoms with van der Waals surface area (Å²) in [7, 11) is 0. The molecule has 0 aliphatic carbocycles. The third kappa shape index (κ3) is 30.9. The fourth-order valence-corrected chi connectivity index (χ4v) is 9.37. The van der Waals surface area contributed by atoms with E-state index in [1.165, 1.54) is 0 Å². The fourth-order valence-electron chi connectivity index (χ4n) is 9.37. The zero-order chi connectivity index (χ0) is 71.9. The van der Waals surface area contributed by atoms with Crippen LogP contribution in [-0.4, -0.2) is 158 Å². The molecule has 1 amide bonds. The van der Waals surface area contributed by atoms with Crippen molar-refractivity contribution in [3.8, 4) is 262 Å². The van der Waals surface area contributed by atoms with Crippen molar-refractivity contribution >= 4 is 66.7 Å². The predicted molar refractivity (Wildman–Crippen MR) is 477 cm³/mol. The molecule has 572 valence electrons. The molecule has 0 unspecified atom stereocenters. The number of fused-ring (bicyclic) bond motifs is 2. The number of carbonyl (C=O) groups excluding carboxylic acids is 4. The fraction of sp³-hybridized carbons (Fsp3) is 0.221. The van der Waals surface area contributed by atoms with Crippen molar-refractivity contribution in [1.29, 1.82) is 0 Å². The number of carboxylic acid groups (broad SMARTS) is 3. The molecule has 0 bridgehead atoms. The number of carbonyl (C=O) groups is 4. The van der Waals surface area contributed by atoms with Gasteiger partial charge in [0.2, 0.25) is 23.4 Å². The number of carboxylic acids is 3. The molecule has 0 spiro atoms. The van der Waals surface area contributed by atoms with Crippen molar-refractivity contribution < 1.29 is 126 Å². The van der Waals surface area contributed by atoms with Crippen LogP contribution in [-0.2, 0) is 36.6 Å². The number of halogens is 1. The van der Waals surface area contributed by atoms with Gasteiger partial charge in [-0.15, -0.1) is 17.4 Å². The summed E-state index contributed by atoms with van der Waals surface area (Å²) in [5.41, 5.74) is 5.14. The average molecular weight is 1630 g/mol. The van der Waals surface area contributed by atoms with Gasteiger partial charge in [-0.25, -0.2) is 0 Å². The standard InChI is InChI=1S/C86H55N7O7.HI.In.44H2/c1-7-9-11-13-15-17-19-21-23-25-27-29-31-33-35-37-39-41-43-50-58-92-77-53-49-48-52-75(77)85(3,4)79(92)54-46-45-47-55-80-86(5,6)76-68-74(56-57-78(76)93(80)59-51-44-42-40-38-36-34-32-30-28-26-24-22-20-18-16-14-12-10-8-2)69-87-81(94)70-88-60-62-89(71-82(95)96)64-66-91(73-84(99)100)67-65-90(63-61-88)72-83(97)98;;;;;;;;;;;;;;;;;;;;;;;;;;;;;;;;;;;;;;;;;;;;;;/h1-2,45-49,52-57,68H,60-67,69-73H2,3-6H3,(H3-,87,94,95,96,97,98,99,100);1H;;44*1H/q;;+3;;;;;;;;;;;;;;;;;;;;;;;;;;;;;;;;;;;;;;;;;;;;/p-3. The summed E-state index contributed by atoms with van der Waals surface area (Å²) < 4.78 is 1.92. The number of amides is 1. The van der Waals surface area contributed by atoms with Gasteiger partial charge in [-0.1, -0.05) is 62.4 Å². The average Bonchev–Trinajstić information content (AvgIpc) is 1.60. The Morgan fingerprint density at radius 1 is 0.471 bits per heavy atom. The number of nitrogens with zero attached hydrogens (tertiary/aromatic N) is 6. The van der Waals surface area contributed by atoms with E-state index in [1.807, 2.05) is 81.2 Å². The molecule has 2 aromatic carbocycles. The van der Waals surface area contributed by atoms with Crippen LogP contribution in [0.15, 0.2) is 78.5 Å². The molecule has 14 nitrogen and oxygen atoms in total. The number of rotatable bonds is 13. The first kappa shape index (κ1) is 83.0. The first-order chi connectivity index (χ1) is 48.5. The summed E-state index contributed by atoms with van der Waals surface area (Å²) in [4.78, 5) is 57.2. The monoisotopic (exact) mass is 1630 g/mol. The van der Waals surface area contributed by atoms with Gasteiger partial charge in [-0.05, 0) is 132 Å². The van der Waals surface area contributed by atoms with Crippen molar-refractivity contribution in [2.75, 3.05) is 83.4 Å². The molecular weight excluding hydrogens is 1480 g/mol. The Labute approximate surface area is 700 Å². The van der Waals surface area contributed by atoms with Gasteiger partial charge < -0.3 is 59.0 Å². The SMILES string of the molecule is C#CC#CC#CC#CC#CC#CC#CC#CC#CC#CC#CN1C(=CC=CC=CC2=[N+](C#CC#CC#CC#CC#CC#CC#CC#CC#CC#CC#C)c3ccccc3C2(C)C)C(C)(C)c2cc(CNC(=O)CN3CCN(CC(=O)[O-])CCN(CC(=O)[O-])CCN(CC(=O)[O-])CC3)ccc21.[HH].[HH].[HH].[HH].[HH].[HH].[HH].[HH].[HH].[HH].[HH].[HH].[HH].[HH].[HH].[HH].[HH].[HH].[HH].[HH].[HH].[HH].[HH].[HH].[HH].[HH].[HH].[HH].[HH].[HH].[HH].[HH].[HH].[HH].[HH].[HH].[HH].[HH].[HH].[HH].[HH].[HH].[HH].[HH].[I-].[In+3]. The Hall–Kier alpha value is -13.2. The number of anilines is 1. The molecule has 3 aliphatic rings. The Kier molecular flexibility index (Phi) is 38.8. The molecule has 0 atom stereocenters. The van der Waals surface area contributed by atoms with E-state index in [4.69, 9.17) is 12.8 Å². The van der Waals surface area contributed by atoms with E-state index in [1.54, 1.807) is 14.7 Å². The smallest absolute Gasteiger partial charge is 1.00 e. The number of para-hydroxylation sites is 1. The summed E-state index contributed by atoms with van der Waals surface area (Å²) in [6.07, 6.45) is 19.8. The molecule has 1 saturated heterocycles. The van der Waals surface area contributed by atoms with E-state index in [2.05, 4.69) is 288 Å². The van der Waals surface area contributed by atoms with Gasteiger partial charge in [0.25, 0.3) is 0 Å². The summed E-state index contributed by atoms with van der Waals surface area (Å²) >= 11 is 0. The second-order valence-electron chi connectivity index (χ2n) is 21.2. The quantitative estimate of drug-likeness (QED) is 0.0985. The first-order valence-electron chi connectivity index (χ1n) is 30.0. The second-order valence-corrected chi connectivity index (χ2v) is 21.2. The number of allylic oxidation sites excluding steroid dienone is 6. The van der Waals surface area contributed by atoms with Crippen LogP contribution in [0.4, 0.5) is 11.4 Å². The molecule has 3 aliphatic heterocycles. The third-order valence-electron chi connectivity index (χ3n) is 13.9. The van der Waals surface area contributed by atoms with E-state index in [-0.39, 0.29) is 184 Å². The van der Waals surface area contributed by atoms with Crippen LogP contribution in [0.5, 0.6) is 0 Å².